The van der Waals surface area contributed by atoms with Crippen LogP contribution in [0.5, 0.6) is 0 Å². The summed E-state index contributed by atoms with van der Waals surface area (Å²) in [4.78, 5) is 4.91. The smallest absolute Gasteiger partial charge is 0.0796 e. The van der Waals surface area contributed by atoms with Gasteiger partial charge in [-0.1, -0.05) is 76.0 Å². The Morgan fingerprint density at radius 3 is 2.29 bits per heavy atom. The molecule has 0 aliphatic carbocycles. The van der Waals surface area contributed by atoms with E-state index in [0.29, 0.717) is 5.92 Å². The van der Waals surface area contributed by atoms with Crippen LogP contribution >= 0.6 is 0 Å². The largest absolute Gasteiger partial charge is 0.256 e. The Balaban J connectivity index is 2.13. The molecule has 0 atom stereocenters. The molecule has 3 aromatic rings. The van der Waals surface area contributed by atoms with E-state index >= 15 is 0 Å². The second kappa shape index (κ2) is 6.52. The van der Waals surface area contributed by atoms with Gasteiger partial charge in [0.1, 0.15) is 0 Å². The van der Waals surface area contributed by atoms with E-state index in [-0.39, 0.29) is 0 Å². The molecule has 0 spiro atoms. The van der Waals surface area contributed by atoms with Gasteiger partial charge in [0.2, 0.25) is 0 Å². The molecule has 2 aromatic carbocycles. The van der Waals surface area contributed by atoms with Gasteiger partial charge < -0.3 is 0 Å². The van der Waals surface area contributed by atoms with Crippen LogP contribution < -0.4 is 5.19 Å². The first kappa shape index (κ1) is 16.9. The van der Waals surface area contributed by atoms with Gasteiger partial charge in [0.05, 0.1) is 13.8 Å². The fraction of sp³-hybridized carbons (Fsp3) is 0.318. The van der Waals surface area contributed by atoms with Gasteiger partial charge in [-0.05, 0) is 39.9 Å². The van der Waals surface area contributed by atoms with Crippen LogP contribution in [-0.4, -0.2) is 13.1 Å². The Morgan fingerprint density at radius 2 is 1.62 bits per heavy atom. The van der Waals surface area contributed by atoms with E-state index in [1.54, 1.807) is 0 Å². The molecule has 0 radical (unpaired) electrons. The van der Waals surface area contributed by atoms with Crippen LogP contribution in [0, 0.1) is 5.92 Å². The van der Waals surface area contributed by atoms with E-state index in [1.165, 1.54) is 27.1 Å². The van der Waals surface area contributed by atoms with Crippen molar-refractivity contribution in [3.63, 3.8) is 0 Å². The third-order valence-electron chi connectivity index (χ3n) is 4.48. The molecular formula is C22H27NSi. The minimum absolute atomic E-state index is 0.628. The maximum atomic E-state index is 4.91. The van der Waals surface area contributed by atoms with Crippen LogP contribution in [0.2, 0.25) is 19.6 Å². The minimum Gasteiger partial charge on any atom is -0.256 e. The standard InChI is InChI=1S/C22H27NSi/c1-16(2)12-20-14-21(24(3,4)5)15-23-22(20)19-11-10-17-8-6-7-9-18(17)13-19/h6-11,13-16H,12H2,1-5H3. The summed E-state index contributed by atoms with van der Waals surface area (Å²) < 4.78 is 0. The van der Waals surface area contributed by atoms with Crippen molar-refractivity contribution >= 4 is 24.0 Å². The number of aromatic nitrogens is 1. The topological polar surface area (TPSA) is 12.9 Å². The highest BCUT2D eigenvalue weighted by atomic mass is 28.3. The third-order valence-corrected chi connectivity index (χ3v) is 6.49. The van der Waals surface area contributed by atoms with Crippen LogP contribution in [0.15, 0.2) is 54.7 Å². The van der Waals surface area contributed by atoms with Crippen LogP contribution in [0.4, 0.5) is 0 Å². The lowest BCUT2D eigenvalue weighted by Gasteiger charge is -2.20. The molecule has 1 heterocycles. The van der Waals surface area contributed by atoms with Crippen LogP contribution in [0.25, 0.3) is 22.0 Å². The summed E-state index contributed by atoms with van der Waals surface area (Å²) in [5.41, 5.74) is 3.77. The molecular weight excluding hydrogens is 306 g/mol. The first-order valence-electron chi connectivity index (χ1n) is 8.83. The Bertz CT molecular complexity index is 859. The number of fused-ring (bicyclic) bond motifs is 1. The van der Waals surface area contributed by atoms with Crippen molar-refractivity contribution in [1.29, 1.82) is 0 Å². The molecule has 0 N–H and O–H groups in total. The average Bonchev–Trinajstić information content (AvgIpc) is 2.53. The lowest BCUT2D eigenvalue weighted by atomic mass is 9.96. The van der Waals surface area contributed by atoms with E-state index in [2.05, 4.69) is 88.2 Å². The molecule has 0 unspecified atom stereocenters. The van der Waals surface area contributed by atoms with E-state index in [0.717, 1.165) is 12.1 Å². The zero-order valence-electron chi connectivity index (χ0n) is 15.4. The third kappa shape index (κ3) is 3.59. The highest BCUT2D eigenvalue weighted by Gasteiger charge is 2.19. The fourth-order valence-corrected chi connectivity index (χ4v) is 4.17. The number of pyridine rings is 1. The van der Waals surface area contributed by atoms with Gasteiger partial charge in [-0.2, -0.15) is 0 Å². The van der Waals surface area contributed by atoms with E-state index in [4.69, 9.17) is 4.98 Å². The number of rotatable bonds is 4. The lowest BCUT2D eigenvalue weighted by molar-refractivity contribution is 0.647. The monoisotopic (exact) mass is 333 g/mol. The molecule has 0 aliphatic heterocycles. The number of benzene rings is 2. The van der Waals surface area contributed by atoms with Crippen LogP contribution in [-0.2, 0) is 6.42 Å². The lowest BCUT2D eigenvalue weighted by Crippen LogP contribution is -2.38. The number of nitrogens with zero attached hydrogens (tertiary/aromatic N) is 1. The predicted octanol–water partition coefficient (Wildman–Crippen LogP) is 5.65. The van der Waals surface area contributed by atoms with Gasteiger partial charge >= 0.3 is 0 Å². The van der Waals surface area contributed by atoms with Crippen molar-refractivity contribution < 1.29 is 0 Å². The Labute approximate surface area is 146 Å². The number of hydrogen-bond acceptors (Lipinski definition) is 1. The average molecular weight is 334 g/mol. The molecule has 0 fully saturated rings. The van der Waals surface area contributed by atoms with Gasteiger partial charge in [-0.3, -0.25) is 4.98 Å². The maximum Gasteiger partial charge on any atom is 0.0796 e. The Hall–Kier alpha value is -1.93. The second-order valence-electron chi connectivity index (χ2n) is 8.14. The first-order valence-corrected chi connectivity index (χ1v) is 12.3. The molecule has 0 saturated heterocycles. The molecule has 1 aromatic heterocycles. The van der Waals surface area contributed by atoms with Crippen molar-refractivity contribution in [2.24, 2.45) is 5.92 Å². The predicted molar refractivity (Wildman–Crippen MR) is 109 cm³/mol. The molecule has 124 valence electrons. The van der Waals surface area contributed by atoms with Gasteiger partial charge in [-0.25, -0.2) is 0 Å². The summed E-state index contributed by atoms with van der Waals surface area (Å²) in [5.74, 6) is 0.628. The van der Waals surface area contributed by atoms with E-state index in [9.17, 15) is 0 Å². The van der Waals surface area contributed by atoms with Crippen molar-refractivity contribution in [3.05, 3.63) is 60.3 Å². The molecule has 0 aliphatic rings. The molecule has 0 amide bonds. The van der Waals surface area contributed by atoms with Crippen molar-refractivity contribution in [1.82, 2.24) is 4.98 Å². The Morgan fingerprint density at radius 1 is 0.917 bits per heavy atom. The molecule has 0 saturated carbocycles. The number of hydrogen-bond donors (Lipinski definition) is 0. The summed E-state index contributed by atoms with van der Waals surface area (Å²) in [6.45, 7) is 11.7. The zero-order chi connectivity index (χ0) is 17.3. The summed E-state index contributed by atoms with van der Waals surface area (Å²) in [6, 6.07) is 17.6. The molecule has 0 bridgehead atoms. The first-order chi connectivity index (χ1) is 11.3. The molecule has 1 nitrogen and oxygen atoms in total. The van der Waals surface area contributed by atoms with Gasteiger partial charge in [0, 0.05) is 11.8 Å². The Kier molecular flexibility index (Phi) is 4.59. The van der Waals surface area contributed by atoms with Crippen LogP contribution in [0.3, 0.4) is 0 Å². The highest BCUT2D eigenvalue weighted by molar-refractivity contribution is 6.88. The molecule has 24 heavy (non-hydrogen) atoms. The van der Waals surface area contributed by atoms with Crippen molar-refractivity contribution in [3.8, 4) is 11.3 Å². The summed E-state index contributed by atoms with van der Waals surface area (Å²) in [6.07, 6.45) is 3.19. The maximum absolute atomic E-state index is 4.91. The second-order valence-corrected chi connectivity index (χ2v) is 13.2. The molecule has 3 rings (SSSR count). The highest BCUT2D eigenvalue weighted by Crippen LogP contribution is 2.27. The van der Waals surface area contributed by atoms with Crippen molar-refractivity contribution in [2.75, 3.05) is 0 Å². The van der Waals surface area contributed by atoms with Gasteiger partial charge in [-0.15, -0.1) is 0 Å². The summed E-state index contributed by atoms with van der Waals surface area (Å²) >= 11 is 0. The SMILES string of the molecule is CC(C)Cc1cc([Si](C)(C)C)cnc1-c1ccc2ccccc2c1. The van der Waals surface area contributed by atoms with E-state index in [1.807, 2.05) is 0 Å². The molecule has 2 heteroatoms. The summed E-state index contributed by atoms with van der Waals surface area (Å²) in [5, 5.41) is 4.01. The zero-order valence-corrected chi connectivity index (χ0v) is 16.4. The van der Waals surface area contributed by atoms with Gasteiger partial charge in [0.25, 0.3) is 0 Å². The minimum atomic E-state index is -1.35. The normalized spacial score (nSPS) is 12.1. The summed E-state index contributed by atoms with van der Waals surface area (Å²) in [7, 11) is -1.35. The van der Waals surface area contributed by atoms with E-state index < -0.39 is 8.07 Å². The van der Waals surface area contributed by atoms with Crippen LogP contribution in [0.1, 0.15) is 19.4 Å². The fourth-order valence-electron chi connectivity index (χ4n) is 3.11. The van der Waals surface area contributed by atoms with Gasteiger partial charge in [0.15, 0.2) is 0 Å². The van der Waals surface area contributed by atoms with Crippen molar-refractivity contribution in [2.45, 2.75) is 39.9 Å². The quantitative estimate of drug-likeness (QED) is 0.563.